The molecule has 0 saturated carbocycles. The van der Waals surface area contributed by atoms with Crippen LogP contribution in [0.5, 0.6) is 5.75 Å². The number of ether oxygens (including phenoxy) is 3. The molecule has 1 aliphatic heterocycles. The van der Waals surface area contributed by atoms with E-state index >= 15 is 0 Å². The average molecular weight is 279 g/mol. The maximum atomic E-state index is 5.76. The molecule has 1 aliphatic rings. The summed E-state index contributed by atoms with van der Waals surface area (Å²) < 4.78 is 16.4. The fraction of sp³-hybridized carbons (Fsp3) is 0.625. The molecular weight excluding hydrogens is 254 g/mol. The summed E-state index contributed by atoms with van der Waals surface area (Å²) >= 11 is 0. The summed E-state index contributed by atoms with van der Waals surface area (Å²) in [5, 5.41) is 3.58. The number of rotatable bonds is 6. The Morgan fingerprint density at radius 3 is 2.65 bits per heavy atom. The third-order valence-corrected chi connectivity index (χ3v) is 3.46. The molecule has 0 aliphatic carbocycles. The first-order chi connectivity index (χ1) is 9.67. The molecule has 20 heavy (non-hydrogen) atoms. The topological polar surface area (TPSA) is 39.7 Å². The second-order valence-electron chi connectivity index (χ2n) is 5.44. The van der Waals surface area contributed by atoms with E-state index in [-0.39, 0.29) is 0 Å². The van der Waals surface area contributed by atoms with Crippen molar-refractivity contribution in [3.8, 4) is 5.75 Å². The lowest BCUT2D eigenvalue weighted by atomic mass is 9.99. The molecule has 112 valence electrons. The third-order valence-electron chi connectivity index (χ3n) is 3.46. The van der Waals surface area contributed by atoms with Gasteiger partial charge in [-0.1, -0.05) is 6.07 Å². The van der Waals surface area contributed by atoms with Gasteiger partial charge in [-0.25, -0.2) is 0 Å². The van der Waals surface area contributed by atoms with Gasteiger partial charge in [-0.2, -0.15) is 0 Å². The molecule has 2 rings (SSSR count). The van der Waals surface area contributed by atoms with Crippen LogP contribution in [-0.4, -0.2) is 38.6 Å². The van der Waals surface area contributed by atoms with Crippen molar-refractivity contribution in [2.24, 2.45) is 0 Å². The Kier molecular flexibility index (Phi) is 5.68. The molecule has 4 nitrogen and oxygen atoms in total. The largest absolute Gasteiger partial charge is 0.491 e. The zero-order valence-corrected chi connectivity index (χ0v) is 12.6. The fourth-order valence-corrected chi connectivity index (χ4v) is 2.68. The highest BCUT2D eigenvalue weighted by Crippen LogP contribution is 2.24. The molecule has 0 spiro atoms. The van der Waals surface area contributed by atoms with Crippen LogP contribution < -0.4 is 10.1 Å². The minimum atomic E-state index is 0.317. The van der Waals surface area contributed by atoms with E-state index in [2.05, 4.69) is 25.2 Å². The summed E-state index contributed by atoms with van der Waals surface area (Å²) in [6.45, 7) is 5.45. The van der Waals surface area contributed by atoms with Crippen molar-refractivity contribution in [1.29, 1.82) is 0 Å². The van der Waals surface area contributed by atoms with Gasteiger partial charge in [0.25, 0.3) is 0 Å². The van der Waals surface area contributed by atoms with Crippen LogP contribution in [0.15, 0.2) is 24.3 Å². The zero-order valence-electron chi connectivity index (χ0n) is 12.6. The number of anilines is 1. The van der Waals surface area contributed by atoms with Crippen LogP contribution in [0.4, 0.5) is 5.69 Å². The Morgan fingerprint density at radius 1 is 1.20 bits per heavy atom. The summed E-state index contributed by atoms with van der Waals surface area (Å²) in [5.74, 6) is 0.875. The van der Waals surface area contributed by atoms with E-state index in [4.69, 9.17) is 14.2 Å². The Balaban J connectivity index is 1.90. The summed E-state index contributed by atoms with van der Waals surface area (Å²) in [5.41, 5.74) is 1.10. The minimum absolute atomic E-state index is 0.317. The molecular formula is C16H25NO3. The molecule has 0 aromatic heterocycles. The van der Waals surface area contributed by atoms with Crippen molar-refractivity contribution < 1.29 is 14.2 Å². The first-order valence-corrected chi connectivity index (χ1v) is 7.31. The van der Waals surface area contributed by atoms with Gasteiger partial charge in [0.05, 0.1) is 18.8 Å². The highest BCUT2D eigenvalue weighted by molar-refractivity contribution is 5.49. The van der Waals surface area contributed by atoms with Crippen LogP contribution in [0.1, 0.15) is 26.7 Å². The summed E-state index contributed by atoms with van der Waals surface area (Å²) in [6, 6.07) is 8.56. The van der Waals surface area contributed by atoms with Gasteiger partial charge < -0.3 is 19.5 Å². The monoisotopic (exact) mass is 279 g/mol. The molecule has 0 bridgehead atoms. The minimum Gasteiger partial charge on any atom is -0.491 e. The molecule has 2 atom stereocenters. The van der Waals surface area contributed by atoms with Crippen LogP contribution in [0.2, 0.25) is 0 Å². The SMILES string of the molecule is COCCOc1cccc(NC2CC(C)OC(C)C2)c1. The standard InChI is InChI=1S/C16H25NO3/c1-12-9-15(10-13(2)20-12)17-14-5-4-6-16(11-14)19-8-7-18-3/h4-6,11-13,15,17H,7-10H2,1-3H3. The predicted molar refractivity (Wildman–Crippen MR) is 80.5 cm³/mol. The Morgan fingerprint density at radius 2 is 1.95 bits per heavy atom. The Labute approximate surface area is 121 Å². The normalized spacial score (nSPS) is 26.2. The van der Waals surface area contributed by atoms with Crippen molar-refractivity contribution in [3.05, 3.63) is 24.3 Å². The van der Waals surface area contributed by atoms with Crippen molar-refractivity contribution in [3.63, 3.8) is 0 Å². The van der Waals surface area contributed by atoms with E-state index in [0.717, 1.165) is 24.3 Å². The highest BCUT2D eigenvalue weighted by atomic mass is 16.5. The van der Waals surface area contributed by atoms with E-state index in [1.807, 2.05) is 18.2 Å². The molecule has 1 fully saturated rings. The van der Waals surface area contributed by atoms with Crippen LogP contribution in [0.25, 0.3) is 0 Å². The Hall–Kier alpha value is -1.26. The molecule has 2 unspecified atom stereocenters. The van der Waals surface area contributed by atoms with Gasteiger partial charge in [0, 0.05) is 24.9 Å². The van der Waals surface area contributed by atoms with Gasteiger partial charge >= 0.3 is 0 Å². The number of hydrogen-bond donors (Lipinski definition) is 1. The molecule has 0 radical (unpaired) electrons. The zero-order chi connectivity index (χ0) is 14.4. The van der Waals surface area contributed by atoms with Gasteiger partial charge in [-0.05, 0) is 38.8 Å². The van der Waals surface area contributed by atoms with Gasteiger partial charge in [0.15, 0.2) is 0 Å². The average Bonchev–Trinajstić information content (AvgIpc) is 2.38. The van der Waals surface area contributed by atoms with Crippen LogP contribution in [0.3, 0.4) is 0 Å². The molecule has 0 amide bonds. The van der Waals surface area contributed by atoms with Crippen LogP contribution >= 0.6 is 0 Å². The van der Waals surface area contributed by atoms with E-state index < -0.39 is 0 Å². The Bertz CT molecular complexity index is 400. The van der Waals surface area contributed by atoms with Crippen molar-refractivity contribution >= 4 is 5.69 Å². The van der Waals surface area contributed by atoms with Gasteiger partial charge in [0.2, 0.25) is 0 Å². The van der Waals surface area contributed by atoms with E-state index in [0.29, 0.717) is 31.5 Å². The second-order valence-corrected chi connectivity index (χ2v) is 5.44. The first kappa shape index (κ1) is 15.1. The van der Waals surface area contributed by atoms with Crippen molar-refractivity contribution in [2.45, 2.75) is 44.9 Å². The van der Waals surface area contributed by atoms with Gasteiger partial charge in [-0.15, -0.1) is 0 Å². The summed E-state index contributed by atoms with van der Waals surface area (Å²) in [4.78, 5) is 0. The predicted octanol–water partition coefficient (Wildman–Crippen LogP) is 3.08. The van der Waals surface area contributed by atoms with Crippen LogP contribution in [-0.2, 0) is 9.47 Å². The van der Waals surface area contributed by atoms with Crippen molar-refractivity contribution in [2.75, 3.05) is 25.6 Å². The van der Waals surface area contributed by atoms with Crippen LogP contribution in [0, 0.1) is 0 Å². The third kappa shape index (κ3) is 4.69. The molecule has 1 heterocycles. The lowest BCUT2D eigenvalue weighted by molar-refractivity contribution is -0.0337. The molecule has 1 aromatic rings. The van der Waals surface area contributed by atoms with E-state index in [9.17, 15) is 0 Å². The second kappa shape index (κ2) is 7.50. The molecule has 1 saturated heterocycles. The highest BCUT2D eigenvalue weighted by Gasteiger charge is 2.24. The molecule has 1 N–H and O–H groups in total. The number of benzene rings is 1. The molecule has 4 heteroatoms. The lowest BCUT2D eigenvalue weighted by Crippen LogP contribution is -2.36. The summed E-state index contributed by atoms with van der Waals surface area (Å²) in [6.07, 6.45) is 2.72. The van der Waals surface area contributed by atoms with Gasteiger partial charge in [0.1, 0.15) is 12.4 Å². The quantitative estimate of drug-likeness (QED) is 0.812. The first-order valence-electron chi connectivity index (χ1n) is 7.31. The molecule has 1 aromatic carbocycles. The lowest BCUT2D eigenvalue weighted by Gasteiger charge is -2.33. The maximum Gasteiger partial charge on any atom is 0.121 e. The maximum absolute atomic E-state index is 5.76. The van der Waals surface area contributed by atoms with Crippen molar-refractivity contribution in [1.82, 2.24) is 0 Å². The summed E-state index contributed by atoms with van der Waals surface area (Å²) in [7, 11) is 1.68. The van der Waals surface area contributed by atoms with E-state index in [1.54, 1.807) is 7.11 Å². The smallest absolute Gasteiger partial charge is 0.121 e. The van der Waals surface area contributed by atoms with E-state index in [1.165, 1.54) is 0 Å². The van der Waals surface area contributed by atoms with Gasteiger partial charge in [-0.3, -0.25) is 0 Å². The number of hydrogen-bond acceptors (Lipinski definition) is 4. The number of nitrogens with one attached hydrogen (secondary N) is 1. The fourth-order valence-electron chi connectivity index (χ4n) is 2.68. The number of methoxy groups -OCH3 is 1.